The lowest BCUT2D eigenvalue weighted by Gasteiger charge is -2.11. The summed E-state index contributed by atoms with van der Waals surface area (Å²) in [6.45, 7) is 1.47. The molecule has 0 aliphatic rings. The summed E-state index contributed by atoms with van der Waals surface area (Å²) in [5, 5.41) is 18.8. The van der Waals surface area contributed by atoms with E-state index in [0.29, 0.717) is 5.56 Å². The number of carboxylic acids is 1. The maximum Gasteiger partial charge on any atom is 0.374 e. The number of rotatable bonds is 4. The van der Waals surface area contributed by atoms with Gasteiger partial charge in [0.25, 0.3) is 5.69 Å². The minimum atomic E-state index is -3.93. The summed E-state index contributed by atoms with van der Waals surface area (Å²) in [7, 11) is 0. The number of hydrogen-bond donors (Lipinski definition) is 1. The van der Waals surface area contributed by atoms with Gasteiger partial charge in [0, 0.05) is 18.1 Å². The molecule has 0 aromatic heterocycles. The molecule has 1 rings (SSSR count). The first-order valence-electron chi connectivity index (χ1n) is 4.59. The van der Waals surface area contributed by atoms with Crippen LogP contribution in [0, 0.1) is 17.0 Å². The van der Waals surface area contributed by atoms with Crippen LogP contribution < -0.4 is 0 Å². The highest BCUT2D eigenvalue weighted by molar-refractivity contribution is 5.75. The minimum Gasteiger partial charge on any atom is -0.477 e. The molecule has 1 aromatic carbocycles. The molecule has 0 aliphatic carbocycles. The molecule has 0 aliphatic heterocycles. The average Bonchev–Trinajstić information content (AvgIpc) is 2.20. The van der Waals surface area contributed by atoms with Crippen LogP contribution in [0.15, 0.2) is 18.2 Å². The number of hydrogen-bond acceptors (Lipinski definition) is 3. The first-order valence-corrected chi connectivity index (χ1v) is 4.59. The van der Waals surface area contributed by atoms with E-state index in [1.807, 2.05) is 0 Å². The third-order valence-electron chi connectivity index (χ3n) is 2.21. The fraction of sp³-hybridized carbons (Fsp3) is 0.300. The minimum absolute atomic E-state index is 0.0882. The van der Waals surface area contributed by atoms with Crippen molar-refractivity contribution in [3.8, 4) is 0 Å². The van der Waals surface area contributed by atoms with Crippen LogP contribution in [0.5, 0.6) is 0 Å². The van der Waals surface area contributed by atoms with Gasteiger partial charge in [-0.1, -0.05) is 12.1 Å². The van der Waals surface area contributed by atoms with Crippen molar-refractivity contribution in [2.75, 3.05) is 0 Å². The first-order chi connectivity index (χ1) is 7.74. The molecule has 0 heterocycles. The number of aryl methyl sites for hydroxylation is 1. The van der Waals surface area contributed by atoms with Crippen molar-refractivity contribution >= 4 is 11.7 Å². The summed E-state index contributed by atoms with van der Waals surface area (Å²) in [5.41, 5.74) is -0.0595. The van der Waals surface area contributed by atoms with Crippen LogP contribution in [-0.4, -0.2) is 21.9 Å². The summed E-state index contributed by atoms with van der Waals surface area (Å²) in [4.78, 5) is 20.1. The zero-order valence-electron chi connectivity index (χ0n) is 8.81. The third kappa shape index (κ3) is 2.96. The van der Waals surface area contributed by atoms with Gasteiger partial charge in [-0.2, -0.15) is 8.78 Å². The lowest BCUT2D eigenvalue weighted by atomic mass is 10.0. The van der Waals surface area contributed by atoms with Gasteiger partial charge < -0.3 is 5.11 Å². The normalized spacial score (nSPS) is 11.2. The molecule has 7 heteroatoms. The van der Waals surface area contributed by atoms with Crippen LogP contribution in [0.3, 0.4) is 0 Å². The first kappa shape index (κ1) is 13.0. The Morgan fingerprint density at radius 2 is 2.12 bits per heavy atom. The highest BCUT2D eigenvalue weighted by atomic mass is 19.3. The number of nitro benzene ring substituents is 1. The Kier molecular flexibility index (Phi) is 3.40. The molecule has 0 radical (unpaired) electrons. The van der Waals surface area contributed by atoms with Crippen molar-refractivity contribution in [2.24, 2.45) is 0 Å². The topological polar surface area (TPSA) is 80.4 Å². The van der Waals surface area contributed by atoms with Crippen molar-refractivity contribution in [3.63, 3.8) is 0 Å². The van der Waals surface area contributed by atoms with E-state index in [9.17, 15) is 23.7 Å². The summed E-state index contributed by atoms with van der Waals surface area (Å²) < 4.78 is 25.8. The Labute approximate surface area is 94.8 Å². The van der Waals surface area contributed by atoms with Crippen molar-refractivity contribution in [1.82, 2.24) is 0 Å². The van der Waals surface area contributed by atoms with E-state index in [4.69, 9.17) is 5.11 Å². The molecular weight excluding hydrogens is 236 g/mol. The van der Waals surface area contributed by atoms with Crippen LogP contribution in [0.2, 0.25) is 0 Å². The average molecular weight is 245 g/mol. The third-order valence-corrected chi connectivity index (χ3v) is 2.21. The number of aliphatic carboxylic acids is 1. The van der Waals surface area contributed by atoms with Crippen molar-refractivity contribution < 1.29 is 23.6 Å². The predicted octanol–water partition coefficient (Wildman–Crippen LogP) is 2.17. The molecule has 0 saturated heterocycles. The number of carboxylic acid groups (broad SMARTS) is 1. The molecule has 0 saturated carbocycles. The molecule has 0 spiro atoms. The van der Waals surface area contributed by atoms with Crippen LogP contribution in [0.4, 0.5) is 14.5 Å². The highest BCUT2D eigenvalue weighted by Crippen LogP contribution is 2.25. The van der Waals surface area contributed by atoms with E-state index in [-0.39, 0.29) is 11.3 Å². The Balaban J connectivity index is 3.05. The molecule has 5 nitrogen and oxygen atoms in total. The number of nitro groups is 1. The van der Waals surface area contributed by atoms with E-state index in [2.05, 4.69) is 0 Å². The summed E-state index contributed by atoms with van der Waals surface area (Å²) in [5.74, 6) is -6.18. The Morgan fingerprint density at radius 3 is 2.59 bits per heavy atom. The van der Waals surface area contributed by atoms with Gasteiger partial charge in [-0.3, -0.25) is 10.1 Å². The largest absolute Gasteiger partial charge is 0.477 e. The number of alkyl halides is 2. The second-order valence-corrected chi connectivity index (χ2v) is 3.56. The van der Waals surface area contributed by atoms with Crippen LogP contribution in [-0.2, 0) is 11.2 Å². The summed E-state index contributed by atoms with van der Waals surface area (Å²) >= 11 is 0. The van der Waals surface area contributed by atoms with Gasteiger partial charge >= 0.3 is 11.9 Å². The van der Waals surface area contributed by atoms with Crippen LogP contribution in [0.25, 0.3) is 0 Å². The Morgan fingerprint density at radius 1 is 1.53 bits per heavy atom. The highest BCUT2D eigenvalue weighted by Gasteiger charge is 2.39. The molecule has 0 bridgehead atoms. The smallest absolute Gasteiger partial charge is 0.374 e. The quantitative estimate of drug-likeness (QED) is 0.651. The number of nitrogens with zero attached hydrogens (tertiary/aromatic N) is 1. The predicted molar refractivity (Wildman–Crippen MR) is 54.1 cm³/mol. The molecule has 1 aromatic rings. The van der Waals surface area contributed by atoms with Gasteiger partial charge in [0.2, 0.25) is 0 Å². The van der Waals surface area contributed by atoms with E-state index < -0.39 is 23.2 Å². The maximum absolute atomic E-state index is 12.9. The van der Waals surface area contributed by atoms with E-state index in [1.54, 1.807) is 0 Å². The van der Waals surface area contributed by atoms with Gasteiger partial charge in [-0.25, -0.2) is 4.79 Å². The lowest BCUT2D eigenvalue weighted by molar-refractivity contribution is -0.385. The van der Waals surface area contributed by atoms with E-state index in [1.165, 1.54) is 19.1 Å². The van der Waals surface area contributed by atoms with Gasteiger partial charge in [0.15, 0.2) is 0 Å². The van der Waals surface area contributed by atoms with Crippen LogP contribution >= 0.6 is 0 Å². The zero-order valence-corrected chi connectivity index (χ0v) is 8.81. The van der Waals surface area contributed by atoms with Crippen molar-refractivity contribution in [3.05, 3.63) is 39.4 Å². The zero-order chi connectivity index (χ0) is 13.2. The molecular formula is C10H9F2NO4. The second kappa shape index (κ2) is 4.44. The SMILES string of the molecule is Cc1ccc(CC(F)(F)C(=O)O)cc1[N+](=O)[O-]. The number of benzene rings is 1. The molecule has 0 fully saturated rings. The summed E-state index contributed by atoms with van der Waals surface area (Å²) in [6, 6.07) is 3.52. The van der Waals surface area contributed by atoms with Gasteiger partial charge in [-0.15, -0.1) is 0 Å². The van der Waals surface area contributed by atoms with E-state index >= 15 is 0 Å². The fourth-order valence-electron chi connectivity index (χ4n) is 1.29. The molecule has 17 heavy (non-hydrogen) atoms. The van der Waals surface area contributed by atoms with E-state index in [0.717, 1.165) is 6.07 Å². The van der Waals surface area contributed by atoms with Gasteiger partial charge in [-0.05, 0) is 12.5 Å². The Hall–Kier alpha value is -2.05. The molecule has 0 atom stereocenters. The second-order valence-electron chi connectivity index (χ2n) is 3.56. The van der Waals surface area contributed by atoms with Crippen molar-refractivity contribution in [1.29, 1.82) is 0 Å². The lowest BCUT2D eigenvalue weighted by Crippen LogP contribution is -2.30. The summed E-state index contributed by atoms with van der Waals surface area (Å²) in [6.07, 6.45) is -1.07. The van der Waals surface area contributed by atoms with Crippen LogP contribution in [0.1, 0.15) is 11.1 Å². The molecule has 0 amide bonds. The number of carbonyl (C=O) groups is 1. The molecule has 0 unspecified atom stereocenters. The maximum atomic E-state index is 12.9. The molecule has 1 N–H and O–H groups in total. The van der Waals surface area contributed by atoms with Gasteiger partial charge in [0.05, 0.1) is 4.92 Å². The standard InChI is InChI=1S/C10H9F2NO4/c1-6-2-3-7(4-8(6)13(16)17)5-10(11,12)9(14)15/h2-4H,5H2,1H3,(H,14,15). The van der Waals surface area contributed by atoms with Crippen molar-refractivity contribution in [2.45, 2.75) is 19.3 Å². The number of halogens is 2. The Bertz CT molecular complexity index is 473. The fourth-order valence-corrected chi connectivity index (χ4v) is 1.29. The molecule has 92 valence electrons. The van der Waals surface area contributed by atoms with Gasteiger partial charge in [0.1, 0.15) is 0 Å². The monoisotopic (exact) mass is 245 g/mol.